The molecule has 8 heteroatoms. The van der Waals surface area contributed by atoms with Gasteiger partial charge in [-0.15, -0.1) is 10.2 Å². The van der Waals surface area contributed by atoms with Gasteiger partial charge in [-0.3, -0.25) is 0 Å². The summed E-state index contributed by atoms with van der Waals surface area (Å²) in [4.78, 5) is 0.283. The maximum atomic E-state index is 13.1. The van der Waals surface area contributed by atoms with Crippen molar-refractivity contribution in [2.75, 3.05) is 0 Å². The first-order valence-corrected chi connectivity index (χ1v) is 10.8. The van der Waals surface area contributed by atoms with Crippen LogP contribution in [0.25, 0.3) is 11.5 Å². The average molecular weight is 448 g/mol. The van der Waals surface area contributed by atoms with E-state index in [2.05, 4.69) is 26.1 Å². The van der Waals surface area contributed by atoms with E-state index in [1.54, 1.807) is 24.3 Å². The van der Waals surface area contributed by atoms with Crippen LogP contribution in [0.3, 0.4) is 0 Å². The van der Waals surface area contributed by atoms with E-state index in [-0.39, 0.29) is 23.4 Å². The van der Waals surface area contributed by atoms with E-state index in [1.807, 2.05) is 31.2 Å². The Morgan fingerprint density at radius 3 is 2.48 bits per heavy atom. The Morgan fingerprint density at radius 2 is 1.81 bits per heavy atom. The molecule has 4 rings (SSSR count). The lowest BCUT2D eigenvalue weighted by atomic mass is 10.2. The van der Waals surface area contributed by atoms with Crippen LogP contribution in [0, 0.1) is 6.92 Å². The standard InChI is InChI=1S/C19H18BrN3O3S/c1-13-6-10-15(11-7-13)27(24,25)23(14-8-9-14)12-18-21-22-19(26-18)16-4-2-3-5-17(16)20/h2-7,10-11,14H,8-9,12H2,1H3. The number of benzene rings is 2. The highest BCUT2D eigenvalue weighted by Gasteiger charge is 2.39. The predicted molar refractivity (Wildman–Crippen MR) is 104 cm³/mol. The maximum absolute atomic E-state index is 13.1. The van der Waals surface area contributed by atoms with Gasteiger partial charge in [0.05, 0.1) is 17.0 Å². The quantitative estimate of drug-likeness (QED) is 0.566. The van der Waals surface area contributed by atoms with Crippen LogP contribution < -0.4 is 0 Å². The van der Waals surface area contributed by atoms with Gasteiger partial charge in [-0.2, -0.15) is 4.31 Å². The van der Waals surface area contributed by atoms with Gasteiger partial charge in [0.25, 0.3) is 0 Å². The Morgan fingerprint density at radius 1 is 1.11 bits per heavy atom. The van der Waals surface area contributed by atoms with Crippen LogP contribution in [0.15, 0.2) is 62.3 Å². The predicted octanol–water partition coefficient (Wildman–Crippen LogP) is 4.16. The Kier molecular flexibility index (Phi) is 4.88. The normalized spacial score (nSPS) is 14.6. The molecule has 0 amide bonds. The number of hydrogen-bond acceptors (Lipinski definition) is 5. The summed E-state index contributed by atoms with van der Waals surface area (Å²) < 4.78 is 34.2. The van der Waals surface area contributed by atoms with Gasteiger partial charge in [0.2, 0.25) is 21.8 Å². The molecule has 27 heavy (non-hydrogen) atoms. The number of halogens is 1. The van der Waals surface area contributed by atoms with Gasteiger partial charge in [0, 0.05) is 10.5 Å². The summed E-state index contributed by atoms with van der Waals surface area (Å²) in [6.45, 7) is 2.00. The molecule has 0 atom stereocenters. The first kappa shape index (κ1) is 18.3. The van der Waals surface area contributed by atoms with Crippen LogP contribution in [0.5, 0.6) is 0 Å². The number of sulfonamides is 1. The summed E-state index contributed by atoms with van der Waals surface area (Å²) in [5.41, 5.74) is 1.79. The topological polar surface area (TPSA) is 76.3 Å². The molecular formula is C19H18BrN3O3S. The molecular weight excluding hydrogens is 430 g/mol. The molecule has 0 saturated heterocycles. The molecule has 0 radical (unpaired) electrons. The van der Waals surface area contributed by atoms with E-state index in [1.165, 1.54) is 4.31 Å². The second-order valence-electron chi connectivity index (χ2n) is 6.58. The van der Waals surface area contributed by atoms with Crippen molar-refractivity contribution in [1.29, 1.82) is 0 Å². The third-order valence-electron chi connectivity index (χ3n) is 4.44. The molecule has 140 valence electrons. The van der Waals surface area contributed by atoms with Gasteiger partial charge in [-0.1, -0.05) is 29.8 Å². The summed E-state index contributed by atoms with van der Waals surface area (Å²) in [6, 6.07) is 14.4. The number of hydrogen-bond donors (Lipinski definition) is 0. The zero-order valence-electron chi connectivity index (χ0n) is 14.7. The van der Waals surface area contributed by atoms with Crippen molar-refractivity contribution in [1.82, 2.24) is 14.5 Å². The van der Waals surface area contributed by atoms with Crippen molar-refractivity contribution in [3.63, 3.8) is 0 Å². The molecule has 3 aromatic rings. The fraction of sp³-hybridized carbons (Fsp3) is 0.263. The van der Waals surface area contributed by atoms with Crippen LogP contribution in [0.4, 0.5) is 0 Å². The van der Waals surface area contributed by atoms with Crippen LogP contribution in [0.2, 0.25) is 0 Å². The lowest BCUT2D eigenvalue weighted by Gasteiger charge is -2.20. The molecule has 0 N–H and O–H groups in total. The largest absolute Gasteiger partial charge is 0.419 e. The lowest BCUT2D eigenvalue weighted by Crippen LogP contribution is -2.32. The summed E-state index contributed by atoms with van der Waals surface area (Å²) in [6.07, 6.45) is 1.69. The van der Waals surface area contributed by atoms with Crippen LogP contribution in [0.1, 0.15) is 24.3 Å². The van der Waals surface area contributed by atoms with E-state index in [9.17, 15) is 8.42 Å². The van der Waals surface area contributed by atoms with Crippen molar-refractivity contribution in [3.8, 4) is 11.5 Å². The summed E-state index contributed by atoms with van der Waals surface area (Å²) in [7, 11) is -3.62. The lowest BCUT2D eigenvalue weighted by molar-refractivity contribution is 0.351. The van der Waals surface area contributed by atoms with Gasteiger partial charge in [-0.05, 0) is 60.0 Å². The zero-order valence-corrected chi connectivity index (χ0v) is 17.1. The molecule has 1 aliphatic rings. The Bertz CT molecular complexity index is 1060. The second-order valence-corrected chi connectivity index (χ2v) is 9.32. The van der Waals surface area contributed by atoms with E-state index in [0.717, 1.165) is 28.4 Å². The molecule has 0 unspecified atom stereocenters. The van der Waals surface area contributed by atoms with E-state index >= 15 is 0 Å². The molecule has 1 heterocycles. The molecule has 0 bridgehead atoms. The van der Waals surface area contributed by atoms with Crippen LogP contribution >= 0.6 is 15.9 Å². The van der Waals surface area contributed by atoms with Crippen molar-refractivity contribution in [2.24, 2.45) is 0 Å². The SMILES string of the molecule is Cc1ccc(S(=O)(=O)N(Cc2nnc(-c3ccccc3Br)o2)C2CC2)cc1. The highest BCUT2D eigenvalue weighted by atomic mass is 79.9. The van der Waals surface area contributed by atoms with Crippen molar-refractivity contribution >= 4 is 26.0 Å². The number of aryl methyl sites for hydroxylation is 1. The monoisotopic (exact) mass is 447 g/mol. The summed E-state index contributed by atoms with van der Waals surface area (Å²) >= 11 is 3.46. The smallest absolute Gasteiger partial charge is 0.248 e. The molecule has 1 fully saturated rings. The van der Waals surface area contributed by atoms with Crippen molar-refractivity contribution in [3.05, 3.63) is 64.5 Å². The molecule has 0 spiro atoms. The van der Waals surface area contributed by atoms with Gasteiger partial charge < -0.3 is 4.42 Å². The minimum absolute atomic E-state index is 0.0184. The van der Waals surface area contributed by atoms with Crippen LogP contribution in [-0.4, -0.2) is 29.0 Å². The minimum atomic E-state index is -3.62. The first-order chi connectivity index (χ1) is 12.9. The molecule has 2 aromatic carbocycles. The fourth-order valence-electron chi connectivity index (χ4n) is 2.81. The molecule has 0 aliphatic heterocycles. The highest BCUT2D eigenvalue weighted by Crippen LogP contribution is 2.34. The summed E-state index contributed by atoms with van der Waals surface area (Å²) in [5, 5.41) is 8.14. The highest BCUT2D eigenvalue weighted by molar-refractivity contribution is 9.10. The van der Waals surface area contributed by atoms with E-state index < -0.39 is 10.0 Å². The molecule has 6 nitrogen and oxygen atoms in total. The Balaban J connectivity index is 1.62. The summed E-state index contributed by atoms with van der Waals surface area (Å²) in [5.74, 6) is 0.643. The molecule has 1 aromatic heterocycles. The fourth-order valence-corrected chi connectivity index (χ4v) is 4.90. The number of rotatable bonds is 6. The van der Waals surface area contributed by atoms with Gasteiger partial charge in [-0.25, -0.2) is 8.42 Å². The average Bonchev–Trinajstić information content (AvgIpc) is 3.38. The zero-order chi connectivity index (χ0) is 19.0. The molecule has 1 saturated carbocycles. The van der Waals surface area contributed by atoms with Crippen LogP contribution in [-0.2, 0) is 16.6 Å². The third-order valence-corrected chi connectivity index (χ3v) is 7.05. The first-order valence-electron chi connectivity index (χ1n) is 8.61. The minimum Gasteiger partial charge on any atom is -0.419 e. The second kappa shape index (κ2) is 7.18. The van der Waals surface area contributed by atoms with E-state index in [4.69, 9.17) is 4.42 Å². The van der Waals surface area contributed by atoms with Gasteiger partial charge >= 0.3 is 0 Å². The Hall–Kier alpha value is -2.03. The number of nitrogens with zero attached hydrogens (tertiary/aromatic N) is 3. The van der Waals surface area contributed by atoms with Gasteiger partial charge in [0.15, 0.2) is 0 Å². The van der Waals surface area contributed by atoms with Crippen molar-refractivity contribution < 1.29 is 12.8 Å². The number of aromatic nitrogens is 2. The maximum Gasteiger partial charge on any atom is 0.248 e. The van der Waals surface area contributed by atoms with Gasteiger partial charge in [0.1, 0.15) is 0 Å². The third kappa shape index (κ3) is 3.83. The Labute approximate surface area is 166 Å². The van der Waals surface area contributed by atoms with E-state index in [0.29, 0.717) is 5.89 Å². The van der Waals surface area contributed by atoms with Crippen molar-refractivity contribution in [2.45, 2.75) is 37.2 Å². The molecule has 1 aliphatic carbocycles.